The third-order valence-electron chi connectivity index (χ3n) is 7.18. The molecule has 0 fully saturated rings. The summed E-state index contributed by atoms with van der Waals surface area (Å²) in [6.45, 7) is 6.05. The molecule has 0 N–H and O–H groups in total. The van der Waals surface area contributed by atoms with E-state index < -0.39 is 0 Å². The average Bonchev–Trinajstić information content (AvgIpc) is 3.00. The van der Waals surface area contributed by atoms with E-state index >= 15 is 0 Å². The zero-order valence-electron chi connectivity index (χ0n) is 25.2. The van der Waals surface area contributed by atoms with Crippen LogP contribution < -0.4 is 14.5 Å². The first kappa shape index (κ1) is 30.4. The SMILES string of the molecule is CC(CN1c2ccccc2Sc2ccccc21)N(C)C.COc1ccc(CN(CCN(C)C)c2ccccn2)cc1. The first-order valence-corrected chi connectivity index (χ1v) is 14.9. The van der Waals surface area contributed by atoms with E-state index in [1.807, 2.05) is 42.2 Å². The number of pyridine rings is 1. The number of fused-ring (bicyclic) bond motifs is 2. The van der Waals surface area contributed by atoms with Crippen molar-refractivity contribution in [3.05, 3.63) is 103 Å². The van der Waals surface area contributed by atoms with Crippen molar-refractivity contribution in [1.82, 2.24) is 14.8 Å². The van der Waals surface area contributed by atoms with Crippen LogP contribution >= 0.6 is 11.8 Å². The molecule has 216 valence electrons. The van der Waals surface area contributed by atoms with Gasteiger partial charge in [-0.05, 0) is 89.2 Å². The van der Waals surface area contributed by atoms with E-state index in [0.29, 0.717) is 6.04 Å². The number of ether oxygens (including phenoxy) is 1. The molecule has 0 spiro atoms. The summed E-state index contributed by atoms with van der Waals surface area (Å²) >= 11 is 1.87. The van der Waals surface area contributed by atoms with Crippen molar-refractivity contribution in [3.8, 4) is 5.75 Å². The highest BCUT2D eigenvalue weighted by Crippen LogP contribution is 2.47. The molecule has 5 rings (SSSR count). The highest BCUT2D eigenvalue weighted by molar-refractivity contribution is 7.99. The second kappa shape index (κ2) is 14.9. The van der Waals surface area contributed by atoms with E-state index in [9.17, 15) is 0 Å². The zero-order chi connectivity index (χ0) is 29.2. The van der Waals surface area contributed by atoms with Gasteiger partial charge in [0.2, 0.25) is 0 Å². The van der Waals surface area contributed by atoms with E-state index in [4.69, 9.17) is 4.74 Å². The predicted molar refractivity (Wildman–Crippen MR) is 174 cm³/mol. The molecule has 1 unspecified atom stereocenters. The molecule has 0 aliphatic carbocycles. The number of benzene rings is 3. The summed E-state index contributed by atoms with van der Waals surface area (Å²) in [7, 11) is 10.1. The van der Waals surface area contributed by atoms with Crippen LogP contribution in [0.25, 0.3) is 0 Å². The molecule has 4 aromatic rings. The summed E-state index contributed by atoms with van der Waals surface area (Å²) in [4.78, 5) is 16.4. The summed E-state index contributed by atoms with van der Waals surface area (Å²) in [5.41, 5.74) is 3.90. The summed E-state index contributed by atoms with van der Waals surface area (Å²) in [6, 6.07) is 32.1. The third-order valence-corrected chi connectivity index (χ3v) is 8.31. The Balaban J connectivity index is 0.000000189. The van der Waals surface area contributed by atoms with E-state index in [0.717, 1.165) is 37.7 Å². The van der Waals surface area contributed by atoms with Crippen molar-refractivity contribution < 1.29 is 4.74 Å². The van der Waals surface area contributed by atoms with Gasteiger partial charge in [0.15, 0.2) is 0 Å². The number of para-hydroxylation sites is 2. The highest BCUT2D eigenvalue weighted by Gasteiger charge is 2.24. The van der Waals surface area contributed by atoms with Crippen molar-refractivity contribution in [1.29, 1.82) is 0 Å². The van der Waals surface area contributed by atoms with Crippen molar-refractivity contribution in [2.75, 3.05) is 64.7 Å². The Bertz CT molecular complexity index is 1300. The molecule has 1 aliphatic heterocycles. The largest absolute Gasteiger partial charge is 0.497 e. The number of anilines is 3. The molecule has 3 aromatic carbocycles. The lowest BCUT2D eigenvalue weighted by Crippen LogP contribution is -2.37. The standard InChI is InChI=1S/C17H23N3O.C17H20N2S/c1-19(2)12-13-20(17-6-4-5-11-18-17)14-15-7-9-16(21-3)10-8-15;1-13(18(2)3)12-19-14-8-4-6-10-16(14)20-17-11-7-5-9-15(17)19/h4-11H,12-14H2,1-3H3;4-11,13H,12H2,1-3H3. The maximum atomic E-state index is 5.21. The quantitative estimate of drug-likeness (QED) is 0.206. The lowest BCUT2D eigenvalue weighted by molar-refractivity contribution is 0.319. The van der Waals surface area contributed by atoms with Gasteiger partial charge in [-0.25, -0.2) is 4.98 Å². The van der Waals surface area contributed by atoms with Gasteiger partial charge >= 0.3 is 0 Å². The van der Waals surface area contributed by atoms with Crippen LogP contribution in [0.3, 0.4) is 0 Å². The van der Waals surface area contributed by atoms with Gasteiger partial charge in [-0.15, -0.1) is 0 Å². The maximum absolute atomic E-state index is 5.21. The van der Waals surface area contributed by atoms with E-state index in [-0.39, 0.29) is 0 Å². The molecule has 0 saturated heterocycles. The number of hydrogen-bond acceptors (Lipinski definition) is 7. The van der Waals surface area contributed by atoms with Gasteiger partial charge in [0.05, 0.1) is 18.5 Å². The fourth-order valence-electron chi connectivity index (χ4n) is 4.49. The number of rotatable bonds is 10. The smallest absolute Gasteiger partial charge is 0.128 e. The van der Waals surface area contributed by atoms with Crippen molar-refractivity contribution in [2.45, 2.75) is 29.3 Å². The lowest BCUT2D eigenvalue weighted by Gasteiger charge is -2.36. The Labute approximate surface area is 250 Å². The van der Waals surface area contributed by atoms with Crippen molar-refractivity contribution in [3.63, 3.8) is 0 Å². The fraction of sp³-hybridized carbons (Fsp3) is 0.324. The van der Waals surface area contributed by atoms with E-state index in [1.165, 1.54) is 26.7 Å². The molecule has 0 saturated carbocycles. The maximum Gasteiger partial charge on any atom is 0.128 e. The van der Waals surface area contributed by atoms with Crippen LogP contribution in [0.1, 0.15) is 12.5 Å². The molecule has 41 heavy (non-hydrogen) atoms. The molecule has 7 heteroatoms. The number of hydrogen-bond donors (Lipinski definition) is 0. The minimum atomic E-state index is 0.499. The lowest BCUT2D eigenvalue weighted by atomic mass is 10.2. The zero-order valence-corrected chi connectivity index (χ0v) is 26.0. The minimum absolute atomic E-state index is 0.499. The third kappa shape index (κ3) is 8.49. The number of nitrogens with zero attached hydrogens (tertiary/aromatic N) is 5. The van der Waals surface area contributed by atoms with Gasteiger partial charge in [-0.2, -0.15) is 0 Å². The van der Waals surface area contributed by atoms with Crippen LogP contribution in [0.4, 0.5) is 17.2 Å². The van der Waals surface area contributed by atoms with Gasteiger partial charge in [0.25, 0.3) is 0 Å². The summed E-state index contributed by atoms with van der Waals surface area (Å²) < 4.78 is 5.21. The molecule has 1 atom stereocenters. The first-order valence-electron chi connectivity index (χ1n) is 14.1. The van der Waals surface area contributed by atoms with E-state index in [2.05, 4.69) is 126 Å². The van der Waals surface area contributed by atoms with Gasteiger partial charge in [-0.3, -0.25) is 0 Å². The molecule has 0 amide bonds. The topological polar surface area (TPSA) is 35.1 Å². The monoisotopic (exact) mass is 569 g/mol. The second-order valence-electron chi connectivity index (χ2n) is 10.7. The molecule has 2 heterocycles. The Hall–Kier alpha value is -3.52. The highest BCUT2D eigenvalue weighted by atomic mass is 32.2. The Kier molecular flexibility index (Phi) is 11.1. The fourth-order valence-corrected chi connectivity index (χ4v) is 5.59. The molecule has 1 aliphatic rings. The minimum Gasteiger partial charge on any atom is -0.497 e. The van der Waals surface area contributed by atoms with Crippen LogP contribution in [-0.2, 0) is 6.54 Å². The van der Waals surface area contributed by atoms with Crippen LogP contribution in [0, 0.1) is 0 Å². The van der Waals surface area contributed by atoms with Crippen LogP contribution in [-0.4, -0.2) is 75.8 Å². The molecular weight excluding hydrogens is 526 g/mol. The van der Waals surface area contributed by atoms with Crippen molar-refractivity contribution in [2.24, 2.45) is 0 Å². The van der Waals surface area contributed by atoms with Gasteiger partial charge in [0.1, 0.15) is 11.6 Å². The Morgan fingerprint density at radius 3 is 1.93 bits per heavy atom. The van der Waals surface area contributed by atoms with Crippen molar-refractivity contribution >= 4 is 29.0 Å². The molecule has 0 radical (unpaired) electrons. The summed E-state index contributed by atoms with van der Waals surface area (Å²) in [6.07, 6.45) is 1.84. The number of aromatic nitrogens is 1. The Morgan fingerprint density at radius 1 is 0.780 bits per heavy atom. The summed E-state index contributed by atoms with van der Waals surface area (Å²) in [5, 5.41) is 0. The number of likely N-dealkylation sites (N-methyl/N-ethyl adjacent to an activating group) is 2. The van der Waals surface area contributed by atoms with E-state index in [1.54, 1.807) is 7.11 Å². The van der Waals surface area contributed by atoms with Crippen LogP contribution in [0.5, 0.6) is 5.75 Å². The molecular formula is C34H43N5OS. The van der Waals surface area contributed by atoms with Gasteiger partial charge < -0.3 is 24.3 Å². The van der Waals surface area contributed by atoms with Gasteiger partial charge in [-0.1, -0.05) is 54.2 Å². The second-order valence-corrected chi connectivity index (χ2v) is 11.8. The average molecular weight is 570 g/mol. The molecule has 6 nitrogen and oxygen atoms in total. The van der Waals surface area contributed by atoms with Gasteiger partial charge in [0, 0.05) is 48.2 Å². The summed E-state index contributed by atoms with van der Waals surface area (Å²) in [5.74, 6) is 1.89. The first-order chi connectivity index (χ1) is 19.9. The molecule has 0 bridgehead atoms. The number of methoxy groups -OCH3 is 1. The normalized spacial score (nSPS) is 12.7. The van der Waals surface area contributed by atoms with Crippen LogP contribution in [0.2, 0.25) is 0 Å². The molecule has 1 aromatic heterocycles. The predicted octanol–water partition coefficient (Wildman–Crippen LogP) is 6.90. The Morgan fingerprint density at radius 2 is 1.39 bits per heavy atom. The van der Waals surface area contributed by atoms with Crippen LogP contribution in [0.15, 0.2) is 107 Å².